The van der Waals surface area contributed by atoms with Gasteiger partial charge >= 0.3 is 5.90 Å². The highest BCUT2D eigenvalue weighted by molar-refractivity contribution is 5.89. The molecule has 0 aromatic heterocycles. The van der Waals surface area contributed by atoms with Crippen LogP contribution in [0.2, 0.25) is 0 Å². The van der Waals surface area contributed by atoms with E-state index in [0.29, 0.717) is 5.90 Å². The first-order chi connectivity index (χ1) is 7.27. The summed E-state index contributed by atoms with van der Waals surface area (Å²) < 4.78 is 15.3. The molecule has 0 bridgehead atoms. The van der Waals surface area contributed by atoms with E-state index in [1.165, 1.54) is 0 Å². The molecule has 0 atom stereocenters. The van der Waals surface area contributed by atoms with Gasteiger partial charge < -0.3 is 14.2 Å². The van der Waals surface area contributed by atoms with Gasteiger partial charge in [0, 0.05) is 14.2 Å². The van der Waals surface area contributed by atoms with Crippen molar-refractivity contribution in [2.45, 2.75) is 6.29 Å². The Morgan fingerprint density at radius 2 is 1.80 bits per heavy atom. The lowest BCUT2D eigenvalue weighted by molar-refractivity contribution is -0.162. The SMILES string of the molecule is COC(COC(=[NH2+])c1ccccc1)OC. The molecular formula is C11H16NO3+. The minimum atomic E-state index is -0.396. The van der Waals surface area contributed by atoms with Crippen molar-refractivity contribution in [3.8, 4) is 0 Å². The normalized spacial score (nSPS) is 10.3. The Kier molecular flexibility index (Phi) is 4.80. The zero-order valence-electron chi connectivity index (χ0n) is 8.97. The Hall–Kier alpha value is -1.39. The van der Waals surface area contributed by atoms with Gasteiger partial charge in [0.15, 0.2) is 6.29 Å². The molecule has 0 aliphatic heterocycles. The average Bonchev–Trinajstić information content (AvgIpc) is 2.31. The van der Waals surface area contributed by atoms with Gasteiger partial charge in [-0.3, -0.25) is 0 Å². The van der Waals surface area contributed by atoms with Gasteiger partial charge in [-0.25, -0.2) is 5.41 Å². The molecule has 0 aliphatic rings. The maximum absolute atomic E-state index is 5.74. The predicted molar refractivity (Wildman–Crippen MR) is 56.2 cm³/mol. The van der Waals surface area contributed by atoms with Crippen LogP contribution in [-0.4, -0.2) is 33.0 Å². The summed E-state index contributed by atoms with van der Waals surface area (Å²) in [5.74, 6) is 0.370. The summed E-state index contributed by atoms with van der Waals surface area (Å²) in [7, 11) is 3.10. The standard InChI is InChI=1S/C11H15NO3/c1-13-10(14-2)8-15-11(12)9-6-4-3-5-7-9/h3-7,10,12H,8H2,1-2H3/p+1. The highest BCUT2D eigenvalue weighted by atomic mass is 16.7. The second kappa shape index (κ2) is 6.16. The number of benzene rings is 1. The molecular weight excluding hydrogens is 194 g/mol. The van der Waals surface area contributed by atoms with E-state index >= 15 is 0 Å². The Morgan fingerprint density at radius 3 is 2.33 bits per heavy atom. The third-order valence-electron chi connectivity index (χ3n) is 1.96. The minimum Gasteiger partial charge on any atom is -0.439 e. The molecule has 0 aliphatic carbocycles. The van der Waals surface area contributed by atoms with Crippen molar-refractivity contribution in [3.63, 3.8) is 0 Å². The molecule has 0 saturated carbocycles. The predicted octanol–water partition coefficient (Wildman–Crippen LogP) is -0.172. The van der Waals surface area contributed by atoms with Crippen LogP contribution in [0.3, 0.4) is 0 Å². The smallest absolute Gasteiger partial charge is 0.366 e. The molecule has 2 N–H and O–H groups in total. The van der Waals surface area contributed by atoms with Crippen molar-refractivity contribution in [3.05, 3.63) is 35.9 Å². The molecule has 0 amide bonds. The van der Waals surface area contributed by atoms with E-state index in [1.807, 2.05) is 30.3 Å². The van der Waals surface area contributed by atoms with Crippen molar-refractivity contribution >= 4 is 5.90 Å². The average molecular weight is 210 g/mol. The summed E-state index contributed by atoms with van der Waals surface area (Å²) >= 11 is 0. The Morgan fingerprint density at radius 1 is 1.20 bits per heavy atom. The summed E-state index contributed by atoms with van der Waals surface area (Å²) in [6, 6.07) is 9.48. The second-order valence-corrected chi connectivity index (χ2v) is 2.94. The zero-order valence-corrected chi connectivity index (χ0v) is 8.97. The van der Waals surface area contributed by atoms with Crippen molar-refractivity contribution in [2.24, 2.45) is 0 Å². The number of rotatable bonds is 5. The fourth-order valence-corrected chi connectivity index (χ4v) is 1.08. The Bertz CT molecular complexity index is 296. The van der Waals surface area contributed by atoms with Crippen LogP contribution in [-0.2, 0) is 14.2 Å². The zero-order chi connectivity index (χ0) is 11.1. The lowest BCUT2D eigenvalue weighted by Crippen LogP contribution is -2.43. The van der Waals surface area contributed by atoms with E-state index in [9.17, 15) is 0 Å². The maximum Gasteiger partial charge on any atom is 0.366 e. The van der Waals surface area contributed by atoms with Gasteiger partial charge in [0.25, 0.3) is 0 Å². The molecule has 0 saturated heterocycles. The van der Waals surface area contributed by atoms with Gasteiger partial charge in [-0.1, -0.05) is 18.2 Å². The number of ether oxygens (including phenoxy) is 3. The number of methoxy groups -OCH3 is 2. The van der Waals surface area contributed by atoms with Gasteiger partial charge in [0.1, 0.15) is 6.61 Å². The third kappa shape index (κ3) is 3.69. The van der Waals surface area contributed by atoms with E-state index in [2.05, 4.69) is 0 Å². The van der Waals surface area contributed by atoms with Crippen LogP contribution in [0.15, 0.2) is 30.3 Å². The van der Waals surface area contributed by atoms with E-state index in [0.717, 1.165) is 5.56 Å². The van der Waals surface area contributed by atoms with Gasteiger partial charge in [-0.15, -0.1) is 0 Å². The third-order valence-corrected chi connectivity index (χ3v) is 1.96. The quantitative estimate of drug-likeness (QED) is 0.417. The van der Waals surface area contributed by atoms with E-state index in [4.69, 9.17) is 19.6 Å². The summed E-state index contributed by atoms with van der Waals surface area (Å²) in [6.07, 6.45) is -0.396. The molecule has 0 heterocycles. The topological polar surface area (TPSA) is 53.3 Å². The second-order valence-electron chi connectivity index (χ2n) is 2.94. The van der Waals surface area contributed by atoms with Crippen LogP contribution in [0.1, 0.15) is 5.56 Å². The largest absolute Gasteiger partial charge is 0.439 e. The molecule has 1 aromatic carbocycles. The Balaban J connectivity index is 2.43. The highest BCUT2D eigenvalue weighted by Gasteiger charge is 2.12. The maximum atomic E-state index is 5.74. The van der Waals surface area contributed by atoms with Crippen LogP contribution in [0.4, 0.5) is 0 Å². The first-order valence-electron chi connectivity index (χ1n) is 4.64. The summed E-state index contributed by atoms with van der Waals surface area (Å²) in [5.41, 5.74) is 0.850. The van der Waals surface area contributed by atoms with Crippen molar-refractivity contribution in [1.82, 2.24) is 0 Å². The Labute approximate surface area is 89.3 Å². The number of nitrogens with two attached hydrogens (primary N) is 1. The lowest BCUT2D eigenvalue weighted by atomic mass is 10.2. The van der Waals surface area contributed by atoms with E-state index in [-0.39, 0.29) is 6.61 Å². The van der Waals surface area contributed by atoms with Crippen molar-refractivity contribution in [1.29, 1.82) is 0 Å². The molecule has 4 heteroatoms. The van der Waals surface area contributed by atoms with Crippen LogP contribution in [0.5, 0.6) is 0 Å². The number of hydrogen-bond donors (Lipinski definition) is 1. The molecule has 0 radical (unpaired) electrons. The van der Waals surface area contributed by atoms with Gasteiger partial charge in [0.2, 0.25) is 0 Å². The van der Waals surface area contributed by atoms with Gasteiger partial charge in [0.05, 0.1) is 5.56 Å². The molecule has 0 fully saturated rings. The summed E-state index contributed by atoms with van der Waals surface area (Å²) in [4.78, 5) is 0. The van der Waals surface area contributed by atoms with Crippen molar-refractivity contribution in [2.75, 3.05) is 20.8 Å². The fraction of sp³-hybridized carbons (Fsp3) is 0.364. The molecule has 4 nitrogen and oxygen atoms in total. The first kappa shape index (κ1) is 11.7. The van der Waals surface area contributed by atoms with Crippen LogP contribution in [0, 0.1) is 0 Å². The molecule has 15 heavy (non-hydrogen) atoms. The number of hydrogen-bond acceptors (Lipinski definition) is 3. The van der Waals surface area contributed by atoms with Gasteiger partial charge in [-0.05, 0) is 12.1 Å². The van der Waals surface area contributed by atoms with Crippen molar-refractivity contribution < 1.29 is 19.6 Å². The molecule has 1 aromatic rings. The highest BCUT2D eigenvalue weighted by Crippen LogP contribution is 2.00. The van der Waals surface area contributed by atoms with Crippen LogP contribution in [0.25, 0.3) is 0 Å². The van der Waals surface area contributed by atoms with E-state index < -0.39 is 6.29 Å². The molecule has 0 unspecified atom stereocenters. The molecule has 82 valence electrons. The summed E-state index contributed by atoms with van der Waals surface area (Å²) in [6.45, 7) is 0.272. The van der Waals surface area contributed by atoms with Gasteiger partial charge in [-0.2, -0.15) is 0 Å². The minimum absolute atomic E-state index is 0.272. The molecule has 1 rings (SSSR count). The van der Waals surface area contributed by atoms with Crippen LogP contribution >= 0.6 is 0 Å². The fourth-order valence-electron chi connectivity index (χ4n) is 1.08. The first-order valence-corrected chi connectivity index (χ1v) is 4.64. The van der Waals surface area contributed by atoms with E-state index in [1.54, 1.807) is 14.2 Å². The van der Waals surface area contributed by atoms with Crippen LogP contribution < -0.4 is 5.41 Å². The summed E-state index contributed by atoms with van der Waals surface area (Å²) in [5, 5.41) is 5.74. The monoisotopic (exact) mass is 210 g/mol. The lowest BCUT2D eigenvalue weighted by Gasteiger charge is -2.12. The molecule has 0 spiro atoms.